The molecule has 0 aromatic rings. The van der Waals surface area contributed by atoms with Crippen LogP contribution in [-0.2, 0) is 9.59 Å². The van der Waals surface area contributed by atoms with Crippen LogP contribution in [0, 0.1) is 11.3 Å². The molecule has 3 atom stereocenters. The van der Waals surface area contributed by atoms with Gasteiger partial charge in [-0.2, -0.15) is 0 Å². The van der Waals surface area contributed by atoms with E-state index < -0.39 is 18.1 Å². The Kier molecular flexibility index (Phi) is 4.96. The molecule has 1 amide bonds. The highest BCUT2D eigenvalue weighted by Crippen LogP contribution is 2.27. The van der Waals surface area contributed by atoms with E-state index >= 15 is 0 Å². The van der Waals surface area contributed by atoms with Gasteiger partial charge in [-0.3, -0.25) is 4.79 Å². The van der Waals surface area contributed by atoms with Crippen molar-refractivity contribution < 1.29 is 19.8 Å². The minimum Gasteiger partial charge on any atom is -0.480 e. The van der Waals surface area contributed by atoms with Crippen LogP contribution in [0.15, 0.2) is 0 Å². The molecule has 1 aliphatic rings. The number of aliphatic hydroxyl groups excluding tert-OH is 1. The normalized spacial score (nSPS) is 25.4. The summed E-state index contributed by atoms with van der Waals surface area (Å²) < 4.78 is 0. The van der Waals surface area contributed by atoms with Gasteiger partial charge in [0.25, 0.3) is 0 Å². The minimum atomic E-state index is -1.03. The monoisotopic (exact) mass is 271 g/mol. The first-order valence-electron chi connectivity index (χ1n) is 6.80. The number of carbonyl (C=O) groups excluding carboxylic acids is 1. The SMILES string of the molecule is CC(CC(=O)N1C[C@H](O)C[C@H]1C(=O)O)CC(C)(C)C. The highest BCUT2D eigenvalue weighted by molar-refractivity contribution is 5.84. The second-order valence-corrected chi connectivity index (χ2v) is 6.86. The fraction of sp³-hybridized carbons (Fsp3) is 0.857. The molecule has 19 heavy (non-hydrogen) atoms. The van der Waals surface area contributed by atoms with E-state index in [9.17, 15) is 14.7 Å². The molecule has 110 valence electrons. The third kappa shape index (κ3) is 4.82. The highest BCUT2D eigenvalue weighted by Gasteiger charge is 2.39. The van der Waals surface area contributed by atoms with Crippen LogP contribution in [0.4, 0.5) is 0 Å². The molecule has 0 aromatic carbocycles. The molecule has 0 radical (unpaired) electrons. The number of carbonyl (C=O) groups is 2. The van der Waals surface area contributed by atoms with E-state index in [1.54, 1.807) is 0 Å². The molecule has 1 heterocycles. The molecule has 0 spiro atoms. The summed E-state index contributed by atoms with van der Waals surface area (Å²) in [5, 5.41) is 18.6. The van der Waals surface area contributed by atoms with Crippen molar-refractivity contribution in [3.63, 3.8) is 0 Å². The van der Waals surface area contributed by atoms with Gasteiger partial charge >= 0.3 is 5.97 Å². The van der Waals surface area contributed by atoms with Gasteiger partial charge in [-0.25, -0.2) is 4.79 Å². The summed E-state index contributed by atoms with van der Waals surface area (Å²) in [6.07, 6.45) is 0.665. The molecular weight excluding hydrogens is 246 g/mol. The summed E-state index contributed by atoms with van der Waals surface area (Å²) in [4.78, 5) is 24.5. The van der Waals surface area contributed by atoms with Crippen LogP contribution in [-0.4, -0.2) is 45.7 Å². The molecule has 0 aliphatic carbocycles. The predicted octanol–water partition coefficient (Wildman–Crippen LogP) is 1.50. The third-order valence-electron chi connectivity index (χ3n) is 3.37. The Morgan fingerprint density at radius 1 is 1.37 bits per heavy atom. The zero-order valence-corrected chi connectivity index (χ0v) is 12.2. The molecule has 1 saturated heterocycles. The predicted molar refractivity (Wildman–Crippen MR) is 71.6 cm³/mol. The van der Waals surface area contributed by atoms with Crippen LogP contribution in [0.3, 0.4) is 0 Å². The van der Waals surface area contributed by atoms with E-state index in [4.69, 9.17) is 5.11 Å². The number of likely N-dealkylation sites (tertiary alicyclic amines) is 1. The molecule has 0 aromatic heterocycles. The maximum Gasteiger partial charge on any atom is 0.326 e. The van der Waals surface area contributed by atoms with Crippen LogP contribution >= 0.6 is 0 Å². The van der Waals surface area contributed by atoms with Gasteiger partial charge in [0.15, 0.2) is 0 Å². The molecule has 0 saturated carbocycles. The zero-order valence-electron chi connectivity index (χ0n) is 12.2. The molecule has 1 aliphatic heterocycles. The van der Waals surface area contributed by atoms with E-state index in [0.29, 0.717) is 6.42 Å². The van der Waals surface area contributed by atoms with Crippen molar-refractivity contribution in [2.45, 2.75) is 59.1 Å². The number of β-amino-alcohol motifs (C(OH)–C–C–N with tert-alkyl or cyclic N) is 1. The number of amides is 1. The molecule has 2 N–H and O–H groups in total. The number of hydrogen-bond acceptors (Lipinski definition) is 3. The van der Waals surface area contributed by atoms with Gasteiger partial charge in [0.05, 0.1) is 6.10 Å². The lowest BCUT2D eigenvalue weighted by Crippen LogP contribution is -2.41. The minimum absolute atomic E-state index is 0.134. The van der Waals surface area contributed by atoms with Crippen molar-refractivity contribution in [2.75, 3.05) is 6.54 Å². The van der Waals surface area contributed by atoms with Gasteiger partial charge in [-0.15, -0.1) is 0 Å². The summed E-state index contributed by atoms with van der Waals surface area (Å²) in [5.74, 6) is -0.992. The Balaban J connectivity index is 2.59. The van der Waals surface area contributed by atoms with Crippen molar-refractivity contribution in [2.24, 2.45) is 11.3 Å². The first-order chi connectivity index (χ1) is 8.60. The second kappa shape index (κ2) is 5.90. The first kappa shape index (κ1) is 16.0. The van der Waals surface area contributed by atoms with Crippen molar-refractivity contribution in [1.82, 2.24) is 4.90 Å². The summed E-state index contributed by atoms with van der Waals surface area (Å²) in [6, 6.07) is -0.871. The Bertz CT molecular complexity index is 348. The lowest BCUT2D eigenvalue weighted by molar-refractivity contribution is -0.148. The van der Waals surface area contributed by atoms with E-state index in [0.717, 1.165) is 6.42 Å². The molecule has 1 fully saturated rings. The topological polar surface area (TPSA) is 77.8 Å². The van der Waals surface area contributed by atoms with E-state index in [-0.39, 0.29) is 30.2 Å². The van der Waals surface area contributed by atoms with Crippen LogP contribution in [0.1, 0.15) is 47.0 Å². The number of rotatable bonds is 4. The fourth-order valence-corrected chi connectivity index (χ4v) is 2.86. The van der Waals surface area contributed by atoms with Gasteiger partial charge in [-0.1, -0.05) is 27.7 Å². The lowest BCUT2D eigenvalue weighted by Gasteiger charge is -2.26. The molecule has 0 bridgehead atoms. The Morgan fingerprint density at radius 3 is 2.42 bits per heavy atom. The standard InChI is InChI=1S/C14H25NO4/c1-9(7-14(2,3)4)5-12(17)15-8-10(16)6-11(15)13(18)19/h9-11,16H,5-8H2,1-4H3,(H,18,19)/t9?,10-,11+/m1/s1. The Morgan fingerprint density at radius 2 is 1.95 bits per heavy atom. The number of aliphatic hydroxyl groups is 1. The van der Waals surface area contributed by atoms with Crippen LogP contribution in [0.25, 0.3) is 0 Å². The van der Waals surface area contributed by atoms with Crippen molar-refractivity contribution >= 4 is 11.9 Å². The number of hydrogen-bond donors (Lipinski definition) is 2. The van der Waals surface area contributed by atoms with Crippen molar-refractivity contribution in [1.29, 1.82) is 0 Å². The second-order valence-electron chi connectivity index (χ2n) is 6.86. The number of nitrogens with zero attached hydrogens (tertiary/aromatic N) is 1. The number of aliphatic carboxylic acids is 1. The lowest BCUT2D eigenvalue weighted by atomic mass is 9.84. The van der Waals surface area contributed by atoms with Gasteiger partial charge in [0.2, 0.25) is 5.91 Å². The fourth-order valence-electron chi connectivity index (χ4n) is 2.86. The highest BCUT2D eigenvalue weighted by atomic mass is 16.4. The van der Waals surface area contributed by atoms with Crippen LogP contribution < -0.4 is 0 Å². The smallest absolute Gasteiger partial charge is 0.326 e. The van der Waals surface area contributed by atoms with Gasteiger partial charge in [-0.05, 0) is 17.8 Å². The summed E-state index contributed by atoms with van der Waals surface area (Å²) in [6.45, 7) is 8.50. The quantitative estimate of drug-likeness (QED) is 0.812. The average molecular weight is 271 g/mol. The van der Waals surface area contributed by atoms with E-state index in [1.165, 1.54) is 4.90 Å². The van der Waals surface area contributed by atoms with E-state index in [1.807, 2.05) is 6.92 Å². The van der Waals surface area contributed by atoms with Gasteiger partial charge < -0.3 is 15.1 Å². The Labute approximate surface area is 114 Å². The summed E-state index contributed by atoms with van der Waals surface area (Å²) in [5.41, 5.74) is 0.149. The molecule has 5 nitrogen and oxygen atoms in total. The summed E-state index contributed by atoms with van der Waals surface area (Å²) in [7, 11) is 0. The van der Waals surface area contributed by atoms with Gasteiger partial charge in [0.1, 0.15) is 6.04 Å². The molecule has 1 rings (SSSR count). The van der Waals surface area contributed by atoms with Gasteiger partial charge in [0, 0.05) is 19.4 Å². The average Bonchev–Trinajstić information content (AvgIpc) is 2.57. The zero-order chi connectivity index (χ0) is 14.8. The summed E-state index contributed by atoms with van der Waals surface area (Å²) >= 11 is 0. The third-order valence-corrected chi connectivity index (χ3v) is 3.37. The maximum atomic E-state index is 12.2. The molecule has 1 unspecified atom stereocenters. The number of carboxylic acids is 1. The van der Waals surface area contributed by atoms with Crippen molar-refractivity contribution in [3.8, 4) is 0 Å². The maximum absolute atomic E-state index is 12.2. The largest absolute Gasteiger partial charge is 0.480 e. The van der Waals surface area contributed by atoms with Crippen molar-refractivity contribution in [3.05, 3.63) is 0 Å². The molecular formula is C14H25NO4. The first-order valence-corrected chi connectivity index (χ1v) is 6.80. The Hall–Kier alpha value is -1.10. The molecule has 5 heteroatoms. The number of carboxylic acid groups (broad SMARTS) is 1. The van der Waals surface area contributed by atoms with Crippen LogP contribution in [0.2, 0.25) is 0 Å². The van der Waals surface area contributed by atoms with E-state index in [2.05, 4.69) is 20.8 Å². The van der Waals surface area contributed by atoms with Crippen LogP contribution in [0.5, 0.6) is 0 Å².